The summed E-state index contributed by atoms with van der Waals surface area (Å²) in [5, 5.41) is 9.25. The van der Waals surface area contributed by atoms with Crippen LogP contribution in [-0.4, -0.2) is 57.0 Å². The van der Waals surface area contributed by atoms with Gasteiger partial charge in [0, 0.05) is 31.9 Å². The first-order chi connectivity index (χ1) is 16.7. The van der Waals surface area contributed by atoms with Crippen LogP contribution in [0.25, 0.3) is 11.6 Å². The summed E-state index contributed by atoms with van der Waals surface area (Å²) >= 11 is 1.45. The van der Waals surface area contributed by atoms with Gasteiger partial charge in [0.25, 0.3) is 0 Å². The number of anilines is 1. The summed E-state index contributed by atoms with van der Waals surface area (Å²) in [7, 11) is 0. The van der Waals surface area contributed by atoms with Crippen LogP contribution in [0.3, 0.4) is 0 Å². The van der Waals surface area contributed by atoms with Crippen LogP contribution in [0, 0.1) is 0 Å². The molecular weight excluding hydrogens is 446 g/mol. The van der Waals surface area contributed by atoms with Crippen LogP contribution < -0.4 is 4.90 Å². The number of thioether (sulfide) groups is 1. The second-order valence-electron chi connectivity index (χ2n) is 8.26. The summed E-state index contributed by atoms with van der Waals surface area (Å²) in [6, 6.07) is 24.2. The molecule has 0 N–H and O–H groups in total. The average Bonchev–Trinajstić information content (AvgIpc) is 3.55. The Kier molecular flexibility index (Phi) is 6.67. The number of amides is 1. The zero-order chi connectivity index (χ0) is 23.3. The lowest BCUT2D eigenvalue weighted by molar-refractivity contribution is -0.130. The largest absolute Gasteiger partial charge is 0.461 e. The van der Waals surface area contributed by atoms with Crippen molar-refractivity contribution in [3.8, 4) is 11.6 Å². The number of para-hydroxylation sites is 1. The van der Waals surface area contributed by atoms with Gasteiger partial charge in [-0.05, 0) is 36.8 Å². The number of furan rings is 1. The number of piperazine rings is 1. The molecular formula is C26H27N5O2S. The third-order valence-corrected chi connectivity index (χ3v) is 7.05. The molecule has 8 heteroatoms. The lowest BCUT2D eigenvalue weighted by atomic mass is 10.2. The fourth-order valence-electron chi connectivity index (χ4n) is 4.16. The Bertz CT molecular complexity index is 1200. The van der Waals surface area contributed by atoms with Crippen molar-refractivity contribution < 1.29 is 9.21 Å². The highest BCUT2D eigenvalue weighted by atomic mass is 32.2. The minimum Gasteiger partial charge on any atom is -0.461 e. The smallest absolute Gasteiger partial charge is 0.236 e. The summed E-state index contributed by atoms with van der Waals surface area (Å²) < 4.78 is 7.62. The quantitative estimate of drug-likeness (QED) is 0.370. The topological polar surface area (TPSA) is 67.4 Å². The molecule has 0 spiro atoms. The molecule has 0 radical (unpaired) electrons. The predicted octanol–water partition coefficient (Wildman–Crippen LogP) is 4.42. The summed E-state index contributed by atoms with van der Waals surface area (Å²) in [5.41, 5.74) is 2.34. The van der Waals surface area contributed by atoms with Crippen LogP contribution in [0.15, 0.2) is 88.6 Å². The van der Waals surface area contributed by atoms with Gasteiger partial charge in [-0.3, -0.25) is 9.36 Å². The number of aromatic nitrogens is 3. The molecule has 1 amide bonds. The van der Waals surface area contributed by atoms with E-state index in [-0.39, 0.29) is 11.2 Å². The molecule has 174 valence electrons. The van der Waals surface area contributed by atoms with Crippen LogP contribution in [0.5, 0.6) is 0 Å². The molecule has 0 saturated carbocycles. The molecule has 34 heavy (non-hydrogen) atoms. The minimum atomic E-state index is -0.272. The first-order valence-electron chi connectivity index (χ1n) is 11.5. The molecule has 2 aromatic heterocycles. The van der Waals surface area contributed by atoms with E-state index < -0.39 is 0 Å². The van der Waals surface area contributed by atoms with Crippen molar-refractivity contribution in [2.75, 3.05) is 31.1 Å². The predicted molar refractivity (Wildman–Crippen MR) is 134 cm³/mol. The highest BCUT2D eigenvalue weighted by Crippen LogP contribution is 2.29. The SMILES string of the molecule is CC(Sc1nnc(-c2ccco2)n1Cc1ccccc1)C(=O)N1CCN(c2ccccc2)CC1. The monoisotopic (exact) mass is 473 g/mol. The molecule has 1 aliphatic rings. The van der Waals surface area contributed by atoms with Crippen molar-refractivity contribution in [3.05, 3.63) is 84.6 Å². The summed E-state index contributed by atoms with van der Waals surface area (Å²) in [6.07, 6.45) is 1.63. The molecule has 2 aromatic carbocycles. The van der Waals surface area contributed by atoms with Crippen molar-refractivity contribution in [3.63, 3.8) is 0 Å². The van der Waals surface area contributed by atoms with Crippen LogP contribution in [-0.2, 0) is 11.3 Å². The van der Waals surface area contributed by atoms with E-state index in [2.05, 4.69) is 39.4 Å². The van der Waals surface area contributed by atoms with Crippen LogP contribution in [0.4, 0.5) is 5.69 Å². The number of benzene rings is 2. The molecule has 1 fully saturated rings. The fraction of sp³-hybridized carbons (Fsp3) is 0.269. The van der Waals surface area contributed by atoms with E-state index in [0.717, 1.165) is 18.7 Å². The highest BCUT2D eigenvalue weighted by molar-refractivity contribution is 8.00. The Balaban J connectivity index is 1.28. The van der Waals surface area contributed by atoms with Gasteiger partial charge in [0.1, 0.15) is 0 Å². The molecule has 7 nitrogen and oxygen atoms in total. The van der Waals surface area contributed by atoms with E-state index in [1.165, 1.54) is 17.4 Å². The van der Waals surface area contributed by atoms with E-state index >= 15 is 0 Å². The number of hydrogen-bond donors (Lipinski definition) is 0. The number of rotatable bonds is 7. The van der Waals surface area contributed by atoms with E-state index in [4.69, 9.17) is 4.42 Å². The van der Waals surface area contributed by atoms with Crippen LogP contribution in [0.1, 0.15) is 12.5 Å². The number of hydrogen-bond acceptors (Lipinski definition) is 6. The second-order valence-corrected chi connectivity index (χ2v) is 9.57. The molecule has 5 rings (SSSR count). The third kappa shape index (κ3) is 4.87. The lowest BCUT2D eigenvalue weighted by Crippen LogP contribution is -2.50. The number of carbonyl (C=O) groups is 1. The summed E-state index contributed by atoms with van der Waals surface area (Å²) in [5.74, 6) is 1.45. The van der Waals surface area contributed by atoms with Crippen molar-refractivity contribution in [2.45, 2.75) is 23.9 Å². The first-order valence-corrected chi connectivity index (χ1v) is 12.3. The van der Waals surface area contributed by atoms with E-state index in [1.54, 1.807) is 6.26 Å². The van der Waals surface area contributed by atoms with Gasteiger partial charge in [-0.1, -0.05) is 60.3 Å². The van der Waals surface area contributed by atoms with E-state index in [9.17, 15) is 4.79 Å². The summed E-state index contributed by atoms with van der Waals surface area (Å²) in [6.45, 7) is 5.65. The van der Waals surface area contributed by atoms with Gasteiger partial charge >= 0.3 is 0 Å². The zero-order valence-electron chi connectivity index (χ0n) is 19.1. The summed E-state index contributed by atoms with van der Waals surface area (Å²) in [4.78, 5) is 17.5. The minimum absolute atomic E-state index is 0.131. The third-order valence-electron chi connectivity index (χ3n) is 5.98. The Morgan fingerprint density at radius 2 is 1.65 bits per heavy atom. The molecule has 1 aliphatic heterocycles. The maximum atomic E-state index is 13.3. The van der Waals surface area contributed by atoms with Gasteiger partial charge in [-0.15, -0.1) is 10.2 Å². The van der Waals surface area contributed by atoms with Gasteiger partial charge in [-0.2, -0.15) is 0 Å². The Hall–Kier alpha value is -3.52. The molecule has 1 atom stereocenters. The zero-order valence-corrected chi connectivity index (χ0v) is 19.9. The van der Waals surface area contributed by atoms with Crippen LogP contribution >= 0.6 is 11.8 Å². The lowest BCUT2D eigenvalue weighted by Gasteiger charge is -2.37. The number of nitrogens with zero attached hydrogens (tertiary/aromatic N) is 5. The van der Waals surface area contributed by atoms with E-state index in [0.29, 0.717) is 36.4 Å². The Morgan fingerprint density at radius 3 is 2.32 bits per heavy atom. The van der Waals surface area contributed by atoms with Crippen LogP contribution in [0.2, 0.25) is 0 Å². The van der Waals surface area contributed by atoms with Gasteiger partial charge in [0.2, 0.25) is 11.7 Å². The fourth-order valence-corrected chi connectivity index (χ4v) is 5.09. The number of carbonyl (C=O) groups excluding carboxylic acids is 1. The first kappa shape index (κ1) is 22.3. The van der Waals surface area contributed by atoms with Crippen molar-refractivity contribution in [2.24, 2.45) is 0 Å². The Labute approximate surface area is 203 Å². The van der Waals surface area contributed by atoms with Crippen molar-refractivity contribution in [1.82, 2.24) is 19.7 Å². The highest BCUT2D eigenvalue weighted by Gasteiger charge is 2.28. The molecule has 1 saturated heterocycles. The molecule has 3 heterocycles. The van der Waals surface area contributed by atoms with Crippen molar-refractivity contribution in [1.29, 1.82) is 0 Å². The van der Waals surface area contributed by atoms with Gasteiger partial charge in [-0.25, -0.2) is 0 Å². The second kappa shape index (κ2) is 10.2. The molecule has 0 bridgehead atoms. The average molecular weight is 474 g/mol. The molecule has 0 aliphatic carbocycles. The maximum Gasteiger partial charge on any atom is 0.236 e. The molecule has 4 aromatic rings. The standard InChI is InChI=1S/C26H27N5O2S/c1-20(25(32)30-16-14-29(15-17-30)22-11-6-3-7-12-22)34-26-28-27-24(23-13-8-18-33-23)31(26)19-21-9-4-2-5-10-21/h2-13,18,20H,14-17,19H2,1H3. The van der Waals surface area contributed by atoms with Gasteiger partial charge in [0.05, 0.1) is 18.1 Å². The van der Waals surface area contributed by atoms with E-state index in [1.807, 2.05) is 64.9 Å². The normalized spacial score (nSPS) is 14.9. The van der Waals surface area contributed by atoms with Crippen molar-refractivity contribution >= 4 is 23.4 Å². The Morgan fingerprint density at radius 1 is 0.941 bits per heavy atom. The molecule has 1 unspecified atom stereocenters. The van der Waals surface area contributed by atoms with Gasteiger partial charge < -0.3 is 14.2 Å². The van der Waals surface area contributed by atoms with Gasteiger partial charge in [0.15, 0.2) is 10.9 Å². The maximum absolute atomic E-state index is 13.3.